The van der Waals surface area contributed by atoms with Gasteiger partial charge in [-0.15, -0.1) is 0 Å². The van der Waals surface area contributed by atoms with E-state index in [1.54, 1.807) is 12.1 Å². The third kappa shape index (κ3) is 6.70. The van der Waals surface area contributed by atoms with Gasteiger partial charge in [-0.1, -0.05) is 48.0 Å². The summed E-state index contributed by atoms with van der Waals surface area (Å²) < 4.78 is 0. The standard InChI is InChI=1S/C21H26ClN3O2/c1-25(2)18(12-16-9-10-17(21(23)27)13-19(16)22)14-24-20(26)11-8-15-6-4-3-5-7-15/h3-7,9-10,13,18H,8,11-12,14H2,1-2H3,(H2,23,27)(H,24,26)/t18-/m0/s1. The molecule has 0 saturated heterocycles. The molecule has 0 bridgehead atoms. The monoisotopic (exact) mass is 387 g/mol. The van der Waals surface area contributed by atoms with E-state index in [0.29, 0.717) is 30.0 Å². The Labute approximate surface area is 165 Å². The van der Waals surface area contributed by atoms with Gasteiger partial charge in [0.25, 0.3) is 0 Å². The lowest BCUT2D eigenvalue weighted by Gasteiger charge is -2.25. The summed E-state index contributed by atoms with van der Waals surface area (Å²) in [6.07, 6.45) is 1.84. The van der Waals surface area contributed by atoms with Crippen molar-refractivity contribution in [2.45, 2.75) is 25.3 Å². The van der Waals surface area contributed by atoms with Crippen molar-refractivity contribution >= 4 is 23.4 Å². The molecule has 144 valence electrons. The van der Waals surface area contributed by atoms with E-state index in [4.69, 9.17) is 17.3 Å². The number of amides is 2. The number of likely N-dealkylation sites (N-methyl/N-ethyl adjacent to an activating group) is 1. The molecule has 2 aromatic rings. The maximum absolute atomic E-state index is 12.2. The Morgan fingerprint density at radius 3 is 2.44 bits per heavy atom. The maximum Gasteiger partial charge on any atom is 0.248 e. The zero-order valence-electron chi connectivity index (χ0n) is 15.7. The summed E-state index contributed by atoms with van der Waals surface area (Å²) >= 11 is 6.29. The van der Waals surface area contributed by atoms with E-state index in [1.165, 1.54) is 0 Å². The second-order valence-electron chi connectivity index (χ2n) is 6.78. The van der Waals surface area contributed by atoms with Crippen LogP contribution in [-0.4, -0.2) is 43.4 Å². The van der Waals surface area contributed by atoms with Gasteiger partial charge < -0.3 is 16.0 Å². The van der Waals surface area contributed by atoms with Gasteiger partial charge in [0.15, 0.2) is 0 Å². The van der Waals surface area contributed by atoms with Crippen molar-refractivity contribution in [3.63, 3.8) is 0 Å². The quantitative estimate of drug-likeness (QED) is 0.694. The number of nitrogens with zero attached hydrogens (tertiary/aromatic N) is 1. The minimum absolute atomic E-state index is 0.0286. The lowest BCUT2D eigenvalue weighted by atomic mass is 10.0. The van der Waals surface area contributed by atoms with E-state index >= 15 is 0 Å². The van der Waals surface area contributed by atoms with Crippen LogP contribution in [0, 0.1) is 0 Å². The molecule has 0 heterocycles. The van der Waals surface area contributed by atoms with E-state index < -0.39 is 5.91 Å². The van der Waals surface area contributed by atoms with Gasteiger partial charge in [0, 0.05) is 29.6 Å². The number of halogens is 1. The Hall–Kier alpha value is -2.37. The molecule has 0 saturated carbocycles. The van der Waals surface area contributed by atoms with Gasteiger partial charge in [-0.2, -0.15) is 0 Å². The number of nitrogens with one attached hydrogen (secondary N) is 1. The summed E-state index contributed by atoms with van der Waals surface area (Å²) in [5.41, 5.74) is 7.74. The zero-order chi connectivity index (χ0) is 19.8. The zero-order valence-corrected chi connectivity index (χ0v) is 16.5. The number of rotatable bonds is 9. The van der Waals surface area contributed by atoms with Crippen molar-refractivity contribution < 1.29 is 9.59 Å². The van der Waals surface area contributed by atoms with Crippen molar-refractivity contribution in [1.82, 2.24) is 10.2 Å². The molecule has 0 unspecified atom stereocenters. The van der Waals surface area contributed by atoms with E-state index in [1.807, 2.05) is 50.5 Å². The van der Waals surface area contributed by atoms with Gasteiger partial charge in [-0.05, 0) is 50.2 Å². The maximum atomic E-state index is 12.2. The fourth-order valence-electron chi connectivity index (χ4n) is 2.78. The van der Waals surface area contributed by atoms with E-state index in [-0.39, 0.29) is 11.9 Å². The SMILES string of the molecule is CN(C)[C@H](CNC(=O)CCc1ccccc1)Cc1ccc(C(N)=O)cc1Cl. The topological polar surface area (TPSA) is 75.4 Å². The van der Waals surface area contributed by atoms with Gasteiger partial charge in [-0.25, -0.2) is 0 Å². The minimum atomic E-state index is -0.502. The fourth-order valence-corrected chi connectivity index (χ4v) is 3.04. The molecule has 3 N–H and O–H groups in total. The van der Waals surface area contributed by atoms with E-state index in [0.717, 1.165) is 17.5 Å². The first-order valence-corrected chi connectivity index (χ1v) is 9.30. The van der Waals surface area contributed by atoms with Crippen LogP contribution in [0.3, 0.4) is 0 Å². The average Bonchev–Trinajstić information content (AvgIpc) is 2.64. The molecule has 0 aliphatic carbocycles. The van der Waals surface area contributed by atoms with Crippen LogP contribution in [0.25, 0.3) is 0 Å². The first kappa shape index (κ1) is 20.9. The smallest absolute Gasteiger partial charge is 0.248 e. The number of hydrogen-bond acceptors (Lipinski definition) is 3. The highest BCUT2D eigenvalue weighted by molar-refractivity contribution is 6.31. The van der Waals surface area contributed by atoms with E-state index in [2.05, 4.69) is 10.2 Å². The number of aryl methyl sites for hydroxylation is 1. The molecule has 0 aliphatic heterocycles. The number of nitrogens with two attached hydrogens (primary N) is 1. The summed E-state index contributed by atoms with van der Waals surface area (Å²) in [5, 5.41) is 3.51. The van der Waals surface area contributed by atoms with Gasteiger partial charge in [0.1, 0.15) is 0 Å². The number of benzene rings is 2. The normalized spacial score (nSPS) is 12.0. The molecule has 5 nitrogen and oxygen atoms in total. The highest BCUT2D eigenvalue weighted by atomic mass is 35.5. The molecular formula is C21H26ClN3O2. The highest BCUT2D eigenvalue weighted by Gasteiger charge is 2.16. The summed E-state index contributed by atoms with van der Waals surface area (Å²) in [4.78, 5) is 25.5. The van der Waals surface area contributed by atoms with Crippen molar-refractivity contribution in [1.29, 1.82) is 0 Å². The largest absolute Gasteiger partial charge is 0.366 e. The Morgan fingerprint density at radius 1 is 1.15 bits per heavy atom. The summed E-state index contributed by atoms with van der Waals surface area (Å²) in [7, 11) is 3.93. The van der Waals surface area contributed by atoms with Crippen LogP contribution < -0.4 is 11.1 Å². The van der Waals surface area contributed by atoms with Crippen molar-refractivity contribution in [3.8, 4) is 0 Å². The molecule has 0 aliphatic rings. The highest BCUT2D eigenvalue weighted by Crippen LogP contribution is 2.20. The van der Waals surface area contributed by atoms with Crippen LogP contribution in [0.4, 0.5) is 0 Å². The van der Waals surface area contributed by atoms with Crippen LogP contribution in [0.15, 0.2) is 48.5 Å². The van der Waals surface area contributed by atoms with Gasteiger partial charge >= 0.3 is 0 Å². The Balaban J connectivity index is 1.90. The number of primary amides is 1. The van der Waals surface area contributed by atoms with Crippen LogP contribution in [-0.2, 0) is 17.6 Å². The average molecular weight is 388 g/mol. The molecule has 2 amide bonds. The fraction of sp³-hybridized carbons (Fsp3) is 0.333. The molecule has 27 heavy (non-hydrogen) atoms. The number of carbonyl (C=O) groups excluding carboxylic acids is 2. The lowest BCUT2D eigenvalue weighted by Crippen LogP contribution is -2.41. The Kier molecular flexibility index (Phi) is 7.82. The molecule has 2 rings (SSSR count). The summed E-state index contributed by atoms with van der Waals surface area (Å²) in [6, 6.07) is 15.1. The molecule has 6 heteroatoms. The third-order valence-electron chi connectivity index (χ3n) is 4.54. The van der Waals surface area contributed by atoms with Gasteiger partial charge in [-0.3, -0.25) is 9.59 Å². The van der Waals surface area contributed by atoms with Crippen molar-refractivity contribution in [3.05, 3.63) is 70.2 Å². The summed E-state index contributed by atoms with van der Waals surface area (Å²) in [6.45, 7) is 0.522. The summed E-state index contributed by atoms with van der Waals surface area (Å²) in [5.74, 6) is -0.473. The molecule has 1 atom stereocenters. The Morgan fingerprint density at radius 2 is 1.85 bits per heavy atom. The lowest BCUT2D eigenvalue weighted by molar-refractivity contribution is -0.121. The van der Waals surface area contributed by atoms with Gasteiger partial charge in [0.2, 0.25) is 11.8 Å². The first-order valence-electron chi connectivity index (χ1n) is 8.92. The number of hydrogen-bond donors (Lipinski definition) is 2. The first-order chi connectivity index (χ1) is 12.9. The van der Waals surface area contributed by atoms with Gasteiger partial charge in [0.05, 0.1) is 0 Å². The number of carbonyl (C=O) groups is 2. The predicted molar refractivity (Wildman–Crippen MR) is 109 cm³/mol. The van der Waals surface area contributed by atoms with Crippen molar-refractivity contribution in [2.75, 3.05) is 20.6 Å². The third-order valence-corrected chi connectivity index (χ3v) is 4.89. The Bertz CT molecular complexity index is 778. The molecule has 0 radical (unpaired) electrons. The molecule has 0 fully saturated rings. The molecule has 2 aromatic carbocycles. The predicted octanol–water partition coefficient (Wildman–Crippen LogP) is 2.66. The van der Waals surface area contributed by atoms with Crippen LogP contribution >= 0.6 is 11.6 Å². The van der Waals surface area contributed by atoms with Crippen molar-refractivity contribution in [2.24, 2.45) is 5.73 Å². The molecule has 0 spiro atoms. The van der Waals surface area contributed by atoms with E-state index in [9.17, 15) is 9.59 Å². The van der Waals surface area contributed by atoms with Crippen LogP contribution in [0.1, 0.15) is 27.9 Å². The minimum Gasteiger partial charge on any atom is -0.366 e. The second-order valence-corrected chi connectivity index (χ2v) is 7.19. The second kappa shape index (κ2) is 10.1. The molecule has 0 aromatic heterocycles. The van der Waals surface area contributed by atoms with Crippen LogP contribution in [0.2, 0.25) is 5.02 Å². The van der Waals surface area contributed by atoms with Crippen LogP contribution in [0.5, 0.6) is 0 Å². The molecular weight excluding hydrogens is 362 g/mol.